The number of carbonyl (C=O) groups is 2. The van der Waals surface area contributed by atoms with Crippen molar-refractivity contribution in [3.05, 3.63) is 71.0 Å². The molecule has 1 aliphatic rings. The molecule has 1 heterocycles. The Labute approximate surface area is 196 Å². The number of nitrogens with one attached hydrogen (secondary N) is 1. The molecule has 33 heavy (non-hydrogen) atoms. The van der Waals surface area contributed by atoms with Gasteiger partial charge in [-0.3, -0.25) is 0 Å². The van der Waals surface area contributed by atoms with Crippen molar-refractivity contribution in [2.24, 2.45) is 0 Å². The number of benzene rings is 2. The second-order valence-electron chi connectivity index (χ2n) is 8.04. The number of aliphatic hydroxyl groups is 1. The van der Waals surface area contributed by atoms with E-state index in [0.717, 1.165) is 16.7 Å². The van der Waals surface area contributed by atoms with Gasteiger partial charge in [-0.05, 0) is 35.7 Å². The maximum Gasteiger partial charge on any atom is 0.407 e. The summed E-state index contributed by atoms with van der Waals surface area (Å²) in [5.74, 6) is -0.336. The van der Waals surface area contributed by atoms with E-state index < -0.39 is 12.2 Å². The highest BCUT2D eigenvalue weighted by Gasteiger charge is 2.36. The molecule has 1 aliphatic heterocycles. The number of ether oxygens (including phenoxy) is 1. The highest BCUT2D eigenvalue weighted by atomic mass is 19.1. The number of amides is 3. The monoisotopic (exact) mass is 454 g/mol. The number of alkyl carbamates (subject to hydrolysis) is 1. The summed E-state index contributed by atoms with van der Waals surface area (Å²) in [4.78, 5) is 28.8. The van der Waals surface area contributed by atoms with E-state index in [1.54, 1.807) is 22.9 Å². The fraction of sp³-hybridized carbons (Fsp3) is 0.417. The zero-order chi connectivity index (χ0) is 23.1. The Morgan fingerprint density at radius 2 is 1.97 bits per heavy atom. The Bertz CT molecular complexity index is 931. The Balaban J connectivity index is 0.00000385. The third kappa shape index (κ3) is 6.96. The predicted molar refractivity (Wildman–Crippen MR) is 124 cm³/mol. The number of carbonyl (C=O) groups excluding carboxylic acids is 2. The summed E-state index contributed by atoms with van der Waals surface area (Å²) >= 11 is 0. The number of rotatable bonds is 6. The number of urea groups is 1. The molecule has 1 fully saturated rings. The van der Waals surface area contributed by atoms with Crippen LogP contribution in [0.3, 0.4) is 0 Å². The summed E-state index contributed by atoms with van der Waals surface area (Å²) in [6.07, 6.45) is -0.0933. The van der Waals surface area contributed by atoms with Crippen LogP contribution in [-0.4, -0.2) is 68.3 Å². The standard InChI is InChI=1S/C24H30FN3O4.B/c1-17-14-19(25)8-9-21(17)22-15-20(32-23(30)26-11-13-29)10-12-28(22)24(31)27(2)16-18-6-4-3-5-7-18;/h3-9,14,20,22,29H,10-13,15-16H2,1-2H3,(H,26,30);/t20-,22+;/m0./s1. The molecule has 0 spiro atoms. The van der Waals surface area contributed by atoms with Gasteiger partial charge in [0.2, 0.25) is 0 Å². The maximum absolute atomic E-state index is 13.7. The van der Waals surface area contributed by atoms with Crippen LogP contribution >= 0.6 is 0 Å². The molecule has 3 amide bonds. The average molecular weight is 454 g/mol. The molecule has 2 atom stereocenters. The van der Waals surface area contributed by atoms with E-state index in [1.807, 2.05) is 37.3 Å². The van der Waals surface area contributed by atoms with Gasteiger partial charge in [0.1, 0.15) is 11.9 Å². The molecule has 0 unspecified atom stereocenters. The van der Waals surface area contributed by atoms with Gasteiger partial charge in [-0.1, -0.05) is 36.4 Å². The van der Waals surface area contributed by atoms with Crippen LogP contribution < -0.4 is 5.32 Å². The van der Waals surface area contributed by atoms with E-state index in [2.05, 4.69) is 5.32 Å². The van der Waals surface area contributed by atoms with Crippen LogP contribution in [-0.2, 0) is 11.3 Å². The van der Waals surface area contributed by atoms with Crippen molar-refractivity contribution in [3.8, 4) is 0 Å². The highest BCUT2D eigenvalue weighted by molar-refractivity contribution is 5.76. The molecular formula is C24H30BFN3O4. The van der Waals surface area contributed by atoms with Crippen LogP contribution in [0.25, 0.3) is 0 Å². The number of likely N-dealkylation sites (tertiary alicyclic amines) is 1. The number of piperidine rings is 1. The summed E-state index contributed by atoms with van der Waals surface area (Å²) in [5, 5.41) is 11.4. The van der Waals surface area contributed by atoms with Crippen molar-refractivity contribution in [1.29, 1.82) is 0 Å². The Hall–Kier alpha value is -3.07. The molecule has 0 aromatic heterocycles. The smallest absolute Gasteiger partial charge is 0.407 e. The van der Waals surface area contributed by atoms with Crippen LogP contribution in [0.4, 0.5) is 14.0 Å². The number of aryl methyl sites for hydroxylation is 1. The Kier molecular flexibility index (Phi) is 9.72. The minimum absolute atomic E-state index is 0. The SMILES string of the molecule is Cc1cc(F)ccc1[C@H]1C[C@@H](OC(=O)NCCO)CCN1C(=O)N(C)Cc1ccccc1.[B]. The average Bonchev–Trinajstić information content (AvgIpc) is 2.78. The first kappa shape index (κ1) is 26.2. The largest absolute Gasteiger partial charge is 0.446 e. The van der Waals surface area contributed by atoms with Gasteiger partial charge >= 0.3 is 12.1 Å². The van der Waals surface area contributed by atoms with Gasteiger partial charge in [-0.15, -0.1) is 0 Å². The van der Waals surface area contributed by atoms with E-state index in [0.29, 0.717) is 25.9 Å². The molecule has 3 radical (unpaired) electrons. The molecule has 0 aliphatic carbocycles. The van der Waals surface area contributed by atoms with E-state index in [-0.39, 0.29) is 39.5 Å². The molecule has 3 rings (SSSR count). The van der Waals surface area contributed by atoms with Gasteiger partial charge in [0.05, 0.1) is 12.6 Å². The lowest BCUT2D eigenvalue weighted by Gasteiger charge is -2.41. The zero-order valence-corrected chi connectivity index (χ0v) is 19.0. The van der Waals surface area contributed by atoms with Gasteiger partial charge in [0.25, 0.3) is 0 Å². The van der Waals surface area contributed by atoms with Gasteiger partial charge in [0.15, 0.2) is 0 Å². The summed E-state index contributed by atoms with van der Waals surface area (Å²) in [5.41, 5.74) is 2.59. The summed E-state index contributed by atoms with van der Waals surface area (Å²) in [6, 6.07) is 13.8. The minimum atomic E-state index is -0.598. The number of nitrogens with zero attached hydrogens (tertiary/aromatic N) is 2. The van der Waals surface area contributed by atoms with Crippen LogP contribution in [0.5, 0.6) is 0 Å². The summed E-state index contributed by atoms with van der Waals surface area (Å²) in [7, 11) is 1.76. The third-order valence-corrected chi connectivity index (χ3v) is 5.63. The lowest BCUT2D eigenvalue weighted by molar-refractivity contribution is 0.0291. The second kappa shape index (κ2) is 12.2. The van der Waals surface area contributed by atoms with Gasteiger partial charge < -0.3 is 25.0 Å². The molecular weight excluding hydrogens is 424 g/mol. The number of hydrogen-bond acceptors (Lipinski definition) is 4. The van der Waals surface area contributed by atoms with Crippen molar-refractivity contribution in [2.75, 3.05) is 26.7 Å². The molecule has 175 valence electrons. The maximum atomic E-state index is 13.7. The lowest BCUT2D eigenvalue weighted by atomic mass is 9.90. The second-order valence-corrected chi connectivity index (χ2v) is 8.04. The Morgan fingerprint density at radius 3 is 2.64 bits per heavy atom. The number of hydrogen-bond donors (Lipinski definition) is 2. The highest BCUT2D eigenvalue weighted by Crippen LogP contribution is 2.35. The molecule has 7 nitrogen and oxygen atoms in total. The van der Waals surface area contributed by atoms with Crippen molar-refractivity contribution < 1.29 is 23.8 Å². The Morgan fingerprint density at radius 1 is 1.24 bits per heavy atom. The van der Waals surface area contributed by atoms with E-state index in [1.165, 1.54) is 12.1 Å². The normalized spacial score (nSPS) is 17.6. The van der Waals surface area contributed by atoms with Crippen molar-refractivity contribution >= 4 is 20.5 Å². The van der Waals surface area contributed by atoms with Crippen LogP contribution in [0.15, 0.2) is 48.5 Å². The summed E-state index contributed by atoms with van der Waals surface area (Å²) < 4.78 is 19.2. The van der Waals surface area contributed by atoms with Gasteiger partial charge in [-0.25, -0.2) is 14.0 Å². The minimum Gasteiger partial charge on any atom is -0.446 e. The zero-order valence-electron chi connectivity index (χ0n) is 19.0. The number of aliphatic hydroxyl groups excluding tert-OH is 1. The molecule has 1 saturated heterocycles. The molecule has 2 N–H and O–H groups in total. The molecule has 9 heteroatoms. The first-order valence-electron chi connectivity index (χ1n) is 10.8. The first-order chi connectivity index (χ1) is 15.4. The van der Waals surface area contributed by atoms with E-state index in [9.17, 15) is 14.0 Å². The molecule has 2 aromatic carbocycles. The van der Waals surface area contributed by atoms with Gasteiger partial charge in [0, 0.05) is 47.9 Å². The molecule has 0 bridgehead atoms. The first-order valence-corrected chi connectivity index (χ1v) is 10.8. The van der Waals surface area contributed by atoms with E-state index in [4.69, 9.17) is 9.84 Å². The van der Waals surface area contributed by atoms with Crippen molar-refractivity contribution in [3.63, 3.8) is 0 Å². The van der Waals surface area contributed by atoms with Crippen LogP contribution in [0.1, 0.15) is 35.6 Å². The molecule has 2 aromatic rings. The summed E-state index contributed by atoms with van der Waals surface area (Å²) in [6.45, 7) is 2.62. The molecule has 0 saturated carbocycles. The quantitative estimate of drug-likeness (QED) is 0.657. The fourth-order valence-electron chi connectivity index (χ4n) is 4.07. The van der Waals surface area contributed by atoms with Crippen molar-refractivity contribution in [1.82, 2.24) is 15.1 Å². The van der Waals surface area contributed by atoms with Gasteiger partial charge in [-0.2, -0.15) is 0 Å². The van der Waals surface area contributed by atoms with Crippen LogP contribution in [0.2, 0.25) is 0 Å². The third-order valence-electron chi connectivity index (χ3n) is 5.63. The van der Waals surface area contributed by atoms with E-state index >= 15 is 0 Å². The lowest BCUT2D eigenvalue weighted by Crippen LogP contribution is -2.49. The van der Waals surface area contributed by atoms with Crippen LogP contribution in [0, 0.1) is 12.7 Å². The number of halogens is 1. The van der Waals surface area contributed by atoms with Crippen molar-refractivity contribution in [2.45, 2.75) is 38.5 Å². The predicted octanol–water partition coefficient (Wildman–Crippen LogP) is 3.23. The fourth-order valence-corrected chi connectivity index (χ4v) is 4.07. The topological polar surface area (TPSA) is 82.1 Å².